The minimum absolute atomic E-state index is 0.00857. The molecule has 0 aliphatic carbocycles. The van der Waals surface area contributed by atoms with Gasteiger partial charge in [-0.25, -0.2) is 9.59 Å². The van der Waals surface area contributed by atoms with E-state index in [1.54, 1.807) is 12.1 Å². The van der Waals surface area contributed by atoms with Crippen molar-refractivity contribution in [1.82, 2.24) is 0 Å². The van der Waals surface area contributed by atoms with Crippen LogP contribution < -0.4 is 0 Å². The molecular formula is C14H10O6S2. The van der Waals surface area contributed by atoms with Gasteiger partial charge in [0.25, 0.3) is 0 Å². The first-order valence-electron chi connectivity index (χ1n) is 5.85. The van der Waals surface area contributed by atoms with Gasteiger partial charge in [0.15, 0.2) is 0 Å². The van der Waals surface area contributed by atoms with E-state index in [1.165, 1.54) is 37.2 Å². The number of hydrogen-bond acceptors (Lipinski definition) is 6. The Balaban J connectivity index is 2.13. The Kier molecular flexibility index (Phi) is 5.56. The van der Waals surface area contributed by atoms with E-state index in [1.807, 2.05) is 0 Å². The molecule has 0 saturated heterocycles. The first-order valence-corrected chi connectivity index (χ1v) is 8.00. The molecule has 2 rings (SSSR count). The first-order chi connectivity index (χ1) is 10.6. The van der Waals surface area contributed by atoms with Crippen molar-refractivity contribution in [3.63, 3.8) is 0 Å². The minimum Gasteiger partial charge on any atom is -0.477 e. The second-order valence-corrected chi connectivity index (χ2v) is 6.12. The maximum Gasteiger partial charge on any atom is 0.343 e. The molecule has 0 aliphatic rings. The van der Waals surface area contributed by atoms with Crippen LogP contribution in [0.15, 0.2) is 55.8 Å². The van der Waals surface area contributed by atoms with E-state index in [0.29, 0.717) is 11.1 Å². The van der Waals surface area contributed by atoms with Crippen LogP contribution in [0.1, 0.15) is 11.1 Å². The Morgan fingerprint density at radius 1 is 0.864 bits per heavy atom. The third kappa shape index (κ3) is 4.61. The Labute approximate surface area is 132 Å². The maximum atomic E-state index is 11.2. The Morgan fingerprint density at radius 3 is 1.55 bits per heavy atom. The van der Waals surface area contributed by atoms with Crippen LogP contribution in [0.4, 0.5) is 0 Å². The molecule has 2 heterocycles. The molecule has 0 fully saturated rings. The normalized spacial score (nSPS) is 12.4. The number of carbonyl (C=O) groups is 2. The van der Waals surface area contributed by atoms with Crippen molar-refractivity contribution in [3.8, 4) is 0 Å². The molecule has 0 atom stereocenters. The second kappa shape index (κ2) is 7.62. The van der Waals surface area contributed by atoms with Crippen LogP contribution in [0.3, 0.4) is 0 Å². The predicted octanol–water partition coefficient (Wildman–Crippen LogP) is 3.81. The molecule has 0 aromatic carbocycles. The smallest absolute Gasteiger partial charge is 0.343 e. The van der Waals surface area contributed by atoms with Crippen LogP contribution in [0.2, 0.25) is 0 Å². The largest absolute Gasteiger partial charge is 0.477 e. The summed E-state index contributed by atoms with van der Waals surface area (Å²) in [5, 5.41) is 18.3. The Hall–Kier alpha value is -2.32. The lowest BCUT2D eigenvalue weighted by Gasteiger charge is -2.02. The summed E-state index contributed by atoms with van der Waals surface area (Å²) in [5.74, 6) is -2.29. The summed E-state index contributed by atoms with van der Waals surface area (Å²) in [5.41, 5.74) is 1.17. The zero-order chi connectivity index (χ0) is 15.9. The van der Waals surface area contributed by atoms with Gasteiger partial charge < -0.3 is 19.0 Å². The summed E-state index contributed by atoms with van der Waals surface area (Å²) in [6.45, 7) is 0. The fraction of sp³-hybridized carbons (Fsp3) is 0. The molecule has 0 bridgehead atoms. The lowest BCUT2D eigenvalue weighted by Crippen LogP contribution is -1.98. The number of furan rings is 2. The molecule has 0 unspecified atom stereocenters. The SMILES string of the molecule is O=C(O)C(=Cc1ccoc1)SSC(=Cc1ccoc1)C(=O)O. The summed E-state index contributed by atoms with van der Waals surface area (Å²) in [4.78, 5) is 22.4. The van der Waals surface area contributed by atoms with E-state index >= 15 is 0 Å². The molecule has 6 nitrogen and oxygen atoms in total. The molecule has 0 radical (unpaired) electrons. The second-order valence-electron chi connectivity index (χ2n) is 3.91. The van der Waals surface area contributed by atoms with E-state index in [2.05, 4.69) is 0 Å². The maximum absolute atomic E-state index is 11.2. The Morgan fingerprint density at radius 2 is 1.27 bits per heavy atom. The summed E-state index contributed by atoms with van der Waals surface area (Å²) in [6.07, 6.45) is 8.44. The highest BCUT2D eigenvalue weighted by molar-refractivity contribution is 8.80. The quantitative estimate of drug-likeness (QED) is 0.580. The molecule has 8 heteroatoms. The lowest BCUT2D eigenvalue weighted by molar-refractivity contribution is -0.132. The van der Waals surface area contributed by atoms with Crippen molar-refractivity contribution in [2.75, 3.05) is 0 Å². The van der Waals surface area contributed by atoms with Crippen molar-refractivity contribution < 1.29 is 28.6 Å². The lowest BCUT2D eigenvalue weighted by atomic mass is 10.3. The van der Waals surface area contributed by atoms with Crippen molar-refractivity contribution in [3.05, 3.63) is 58.1 Å². The van der Waals surface area contributed by atoms with E-state index in [0.717, 1.165) is 21.6 Å². The van der Waals surface area contributed by atoms with Gasteiger partial charge in [-0.05, 0) is 45.9 Å². The van der Waals surface area contributed by atoms with Gasteiger partial charge in [-0.3, -0.25) is 0 Å². The van der Waals surface area contributed by atoms with Crippen LogP contribution in [0, 0.1) is 0 Å². The summed E-state index contributed by atoms with van der Waals surface area (Å²) in [7, 11) is 1.69. The zero-order valence-corrected chi connectivity index (χ0v) is 12.6. The van der Waals surface area contributed by atoms with E-state index in [-0.39, 0.29) is 9.81 Å². The van der Waals surface area contributed by atoms with E-state index in [4.69, 9.17) is 19.0 Å². The van der Waals surface area contributed by atoms with E-state index in [9.17, 15) is 9.59 Å². The predicted molar refractivity (Wildman–Crippen MR) is 83.8 cm³/mol. The molecule has 0 spiro atoms. The van der Waals surface area contributed by atoms with Crippen molar-refractivity contribution in [2.24, 2.45) is 0 Å². The number of hydrogen-bond donors (Lipinski definition) is 2. The molecule has 0 aliphatic heterocycles. The molecule has 22 heavy (non-hydrogen) atoms. The van der Waals surface area contributed by atoms with Crippen molar-refractivity contribution >= 4 is 45.7 Å². The van der Waals surface area contributed by atoms with Gasteiger partial charge >= 0.3 is 11.9 Å². The van der Waals surface area contributed by atoms with Gasteiger partial charge in [0.2, 0.25) is 0 Å². The fourth-order valence-corrected chi connectivity index (χ4v) is 3.30. The van der Waals surface area contributed by atoms with Gasteiger partial charge in [0.1, 0.15) is 9.81 Å². The number of aliphatic carboxylic acids is 2. The molecule has 2 aromatic rings. The molecule has 0 amide bonds. The Bertz CT molecular complexity index is 636. The molecule has 0 saturated carbocycles. The number of carboxylic acids is 2. The van der Waals surface area contributed by atoms with Crippen LogP contribution in [-0.2, 0) is 9.59 Å². The van der Waals surface area contributed by atoms with Crippen molar-refractivity contribution in [1.29, 1.82) is 0 Å². The standard InChI is InChI=1S/C14H10O6S2/c15-13(16)11(5-9-1-3-19-7-9)21-22-12(14(17)18)6-10-2-4-20-8-10/h1-8H,(H,15,16)(H,17,18). The van der Waals surface area contributed by atoms with Gasteiger partial charge in [0.05, 0.1) is 25.1 Å². The third-order valence-electron chi connectivity index (χ3n) is 2.32. The highest BCUT2D eigenvalue weighted by Crippen LogP contribution is 2.38. The van der Waals surface area contributed by atoms with E-state index < -0.39 is 11.9 Å². The third-order valence-corrected chi connectivity index (χ3v) is 4.68. The number of carboxylic acid groups (broad SMARTS) is 2. The van der Waals surface area contributed by atoms with Gasteiger partial charge in [-0.15, -0.1) is 0 Å². The molecule has 2 aromatic heterocycles. The first kappa shape index (κ1) is 16.1. The van der Waals surface area contributed by atoms with Crippen LogP contribution in [0.25, 0.3) is 12.2 Å². The zero-order valence-electron chi connectivity index (χ0n) is 11.0. The topological polar surface area (TPSA) is 101 Å². The minimum atomic E-state index is -1.15. The molecule has 114 valence electrons. The highest BCUT2D eigenvalue weighted by atomic mass is 33.1. The average Bonchev–Trinajstić information content (AvgIpc) is 3.14. The monoisotopic (exact) mass is 338 g/mol. The average molecular weight is 338 g/mol. The summed E-state index contributed by atoms with van der Waals surface area (Å²) in [6, 6.07) is 3.21. The number of rotatable bonds is 7. The van der Waals surface area contributed by atoms with Crippen LogP contribution in [-0.4, -0.2) is 22.2 Å². The van der Waals surface area contributed by atoms with Gasteiger partial charge in [0, 0.05) is 11.1 Å². The molecular weight excluding hydrogens is 328 g/mol. The highest BCUT2D eigenvalue weighted by Gasteiger charge is 2.15. The fourth-order valence-electron chi connectivity index (χ4n) is 1.35. The van der Waals surface area contributed by atoms with Crippen LogP contribution in [0.5, 0.6) is 0 Å². The van der Waals surface area contributed by atoms with Crippen LogP contribution >= 0.6 is 21.6 Å². The summed E-state index contributed by atoms with van der Waals surface area (Å²) >= 11 is 0. The van der Waals surface area contributed by atoms with Crippen molar-refractivity contribution in [2.45, 2.75) is 0 Å². The van der Waals surface area contributed by atoms with Gasteiger partial charge in [-0.1, -0.05) is 0 Å². The summed E-state index contributed by atoms with van der Waals surface area (Å²) < 4.78 is 9.72. The molecule has 2 N–H and O–H groups in total. The van der Waals surface area contributed by atoms with Gasteiger partial charge in [-0.2, -0.15) is 0 Å².